The standard InChI is InChI=1S/C41H67NO5S/c1-3-5-7-9-11-13-15-17-18-19-20-21-22-23-24-25-27-29-31-33-35-37-41(44)42-39(38-48(45,46)47)40(43)36-34-32-30-28-26-16-14-12-10-8-6-4-2/h5,7,11,13,17-18,20-21,23-24,26-29,34,36,39-40,43H,3-4,6,8-10,12,14-16,19,22,25,30-33,35,37-38H2,1-2H3,(H,42,44)(H,45,46,47)/b7-5-,13-11-,18-17-,21-20-,24-23-,28-26+,29-27-,36-34+. The minimum atomic E-state index is -4.37. The van der Waals surface area contributed by atoms with E-state index in [1.54, 1.807) is 6.08 Å². The number of rotatable bonds is 31. The Bertz CT molecular complexity index is 1110. The molecule has 2 unspecified atom stereocenters. The zero-order valence-corrected chi connectivity index (χ0v) is 30.9. The summed E-state index contributed by atoms with van der Waals surface area (Å²) in [5.41, 5.74) is 0. The molecule has 0 aromatic heterocycles. The summed E-state index contributed by atoms with van der Waals surface area (Å²) in [5, 5.41) is 13.1. The van der Waals surface area contributed by atoms with Crippen LogP contribution in [0.2, 0.25) is 0 Å². The number of amides is 1. The monoisotopic (exact) mass is 685 g/mol. The molecule has 0 spiro atoms. The molecule has 7 heteroatoms. The quantitative estimate of drug-likeness (QED) is 0.0383. The van der Waals surface area contributed by atoms with Crippen molar-refractivity contribution in [2.45, 2.75) is 148 Å². The van der Waals surface area contributed by atoms with Gasteiger partial charge >= 0.3 is 0 Å². The lowest BCUT2D eigenvalue weighted by molar-refractivity contribution is -0.122. The van der Waals surface area contributed by atoms with Gasteiger partial charge in [-0.05, 0) is 83.5 Å². The van der Waals surface area contributed by atoms with Crippen LogP contribution in [0, 0.1) is 0 Å². The van der Waals surface area contributed by atoms with E-state index in [-0.39, 0.29) is 12.3 Å². The highest BCUT2D eigenvalue weighted by atomic mass is 32.2. The summed E-state index contributed by atoms with van der Waals surface area (Å²) < 4.78 is 32.3. The summed E-state index contributed by atoms with van der Waals surface area (Å²) in [6, 6.07) is -1.10. The van der Waals surface area contributed by atoms with Gasteiger partial charge in [-0.3, -0.25) is 9.35 Å². The number of carbonyl (C=O) groups is 1. The number of unbranched alkanes of at least 4 members (excludes halogenated alkanes) is 9. The maximum Gasteiger partial charge on any atom is 0.267 e. The molecule has 0 aromatic carbocycles. The number of allylic oxidation sites excluding steroid dienone is 15. The second-order valence-electron chi connectivity index (χ2n) is 12.1. The molecule has 0 fully saturated rings. The van der Waals surface area contributed by atoms with Crippen molar-refractivity contribution in [2.24, 2.45) is 0 Å². The van der Waals surface area contributed by atoms with Crippen molar-refractivity contribution in [1.82, 2.24) is 5.32 Å². The second kappa shape index (κ2) is 34.1. The number of aliphatic hydroxyl groups is 1. The van der Waals surface area contributed by atoms with Crippen LogP contribution < -0.4 is 5.32 Å². The molecule has 1 amide bonds. The van der Waals surface area contributed by atoms with Gasteiger partial charge in [0.25, 0.3) is 10.1 Å². The second-order valence-corrected chi connectivity index (χ2v) is 13.6. The van der Waals surface area contributed by atoms with E-state index in [2.05, 4.69) is 104 Å². The molecule has 0 heterocycles. The van der Waals surface area contributed by atoms with Gasteiger partial charge < -0.3 is 10.4 Å². The van der Waals surface area contributed by atoms with Crippen molar-refractivity contribution < 1.29 is 22.9 Å². The van der Waals surface area contributed by atoms with Crippen LogP contribution in [0.4, 0.5) is 0 Å². The Morgan fingerprint density at radius 3 is 1.56 bits per heavy atom. The van der Waals surface area contributed by atoms with Gasteiger partial charge in [0.2, 0.25) is 5.91 Å². The molecule has 6 nitrogen and oxygen atoms in total. The minimum Gasteiger partial charge on any atom is -0.387 e. The molecule has 0 rings (SSSR count). The van der Waals surface area contributed by atoms with Gasteiger partial charge in [0.15, 0.2) is 0 Å². The molecule has 0 saturated carbocycles. The van der Waals surface area contributed by atoms with E-state index in [9.17, 15) is 22.9 Å². The van der Waals surface area contributed by atoms with Crippen LogP contribution in [0.3, 0.4) is 0 Å². The topological polar surface area (TPSA) is 104 Å². The summed E-state index contributed by atoms with van der Waals surface area (Å²) in [6.07, 6.45) is 51.1. The van der Waals surface area contributed by atoms with E-state index in [0.717, 1.165) is 64.2 Å². The van der Waals surface area contributed by atoms with Gasteiger partial charge in [0, 0.05) is 6.42 Å². The molecule has 0 saturated heterocycles. The van der Waals surface area contributed by atoms with Gasteiger partial charge in [-0.15, -0.1) is 0 Å². The number of nitrogens with one attached hydrogen (secondary N) is 1. The molecule has 48 heavy (non-hydrogen) atoms. The van der Waals surface area contributed by atoms with Gasteiger partial charge in [0.1, 0.15) is 0 Å². The van der Waals surface area contributed by atoms with E-state index in [4.69, 9.17) is 0 Å². The molecular weight excluding hydrogens is 619 g/mol. The fraction of sp³-hybridized carbons (Fsp3) is 0.585. The minimum absolute atomic E-state index is 0.227. The third-order valence-corrected chi connectivity index (χ3v) is 8.27. The van der Waals surface area contributed by atoms with Crippen molar-refractivity contribution in [3.05, 3.63) is 97.2 Å². The third-order valence-electron chi connectivity index (χ3n) is 7.49. The molecule has 0 aliphatic carbocycles. The van der Waals surface area contributed by atoms with E-state index in [0.29, 0.717) is 12.8 Å². The number of hydrogen-bond acceptors (Lipinski definition) is 4. The van der Waals surface area contributed by atoms with Crippen LogP contribution in [0.15, 0.2) is 97.2 Å². The fourth-order valence-electron chi connectivity index (χ4n) is 4.76. The predicted molar refractivity (Wildman–Crippen MR) is 207 cm³/mol. The maximum atomic E-state index is 12.4. The third kappa shape index (κ3) is 34.6. The van der Waals surface area contributed by atoms with E-state index >= 15 is 0 Å². The lowest BCUT2D eigenvalue weighted by Crippen LogP contribution is -2.46. The van der Waals surface area contributed by atoms with Crippen molar-refractivity contribution in [3.63, 3.8) is 0 Å². The average Bonchev–Trinajstić information content (AvgIpc) is 3.05. The first-order valence-electron chi connectivity index (χ1n) is 18.4. The fourth-order valence-corrected chi connectivity index (χ4v) is 5.49. The Hall–Kier alpha value is -2.74. The summed E-state index contributed by atoms with van der Waals surface area (Å²) >= 11 is 0. The Morgan fingerprint density at radius 1 is 0.583 bits per heavy atom. The molecule has 2 atom stereocenters. The highest BCUT2D eigenvalue weighted by Crippen LogP contribution is 2.09. The molecule has 0 radical (unpaired) electrons. The first-order valence-corrected chi connectivity index (χ1v) is 20.0. The Kier molecular flexibility index (Phi) is 32.2. The van der Waals surface area contributed by atoms with Gasteiger partial charge in [-0.25, -0.2) is 0 Å². The van der Waals surface area contributed by atoms with Crippen molar-refractivity contribution in [2.75, 3.05) is 5.75 Å². The SMILES string of the molecule is CC/C=C\C/C=C\C/C=C\C/C=C\C/C=C\C/C=C\CCCCC(=O)NC(CS(=O)(=O)O)C(O)/C=C/CC/C=C/CCCCCCCC. The lowest BCUT2D eigenvalue weighted by Gasteiger charge is -2.21. The highest BCUT2D eigenvalue weighted by molar-refractivity contribution is 7.85. The summed E-state index contributed by atoms with van der Waals surface area (Å²) in [4.78, 5) is 12.4. The van der Waals surface area contributed by atoms with E-state index in [1.807, 2.05) is 0 Å². The smallest absolute Gasteiger partial charge is 0.267 e. The zero-order chi connectivity index (χ0) is 35.4. The van der Waals surface area contributed by atoms with Crippen LogP contribution in [0.1, 0.15) is 136 Å². The van der Waals surface area contributed by atoms with E-state index < -0.39 is 28.0 Å². The molecule has 0 aliphatic rings. The first kappa shape index (κ1) is 45.3. The van der Waals surface area contributed by atoms with Crippen LogP contribution >= 0.6 is 0 Å². The summed E-state index contributed by atoms with van der Waals surface area (Å²) in [6.45, 7) is 4.36. The predicted octanol–water partition coefficient (Wildman–Crippen LogP) is 10.6. The van der Waals surface area contributed by atoms with Crippen molar-refractivity contribution >= 4 is 16.0 Å². The van der Waals surface area contributed by atoms with Gasteiger partial charge in [-0.2, -0.15) is 8.42 Å². The van der Waals surface area contributed by atoms with Crippen molar-refractivity contribution in [1.29, 1.82) is 0 Å². The zero-order valence-electron chi connectivity index (χ0n) is 30.1. The molecular formula is C41H67NO5S. The Labute approximate surface area is 294 Å². The average molecular weight is 686 g/mol. The molecule has 272 valence electrons. The van der Waals surface area contributed by atoms with Crippen molar-refractivity contribution in [3.8, 4) is 0 Å². The highest BCUT2D eigenvalue weighted by Gasteiger charge is 2.24. The largest absolute Gasteiger partial charge is 0.387 e. The van der Waals surface area contributed by atoms with Gasteiger partial charge in [-0.1, -0.05) is 143 Å². The lowest BCUT2D eigenvalue weighted by atomic mass is 10.1. The molecule has 0 aromatic rings. The number of hydrogen-bond donors (Lipinski definition) is 3. The Morgan fingerprint density at radius 2 is 1.02 bits per heavy atom. The molecule has 0 aliphatic heterocycles. The normalized spacial score (nSPS) is 14.5. The van der Waals surface area contributed by atoms with Crippen LogP contribution in [0.25, 0.3) is 0 Å². The molecule has 0 bridgehead atoms. The first-order chi connectivity index (χ1) is 23.3. The number of carbonyl (C=O) groups excluding carboxylic acids is 1. The van der Waals surface area contributed by atoms with Crippen LogP contribution in [0.5, 0.6) is 0 Å². The summed E-state index contributed by atoms with van der Waals surface area (Å²) in [5.74, 6) is -1.07. The molecule has 3 N–H and O–H groups in total. The number of aliphatic hydroxyl groups excluding tert-OH is 1. The maximum absolute atomic E-state index is 12.4. The van der Waals surface area contributed by atoms with Gasteiger partial charge in [0.05, 0.1) is 17.9 Å². The Balaban J connectivity index is 4.15. The van der Waals surface area contributed by atoms with Crippen LogP contribution in [-0.2, 0) is 14.9 Å². The van der Waals surface area contributed by atoms with Crippen LogP contribution in [-0.4, -0.2) is 41.9 Å². The van der Waals surface area contributed by atoms with E-state index in [1.165, 1.54) is 44.6 Å². The summed E-state index contributed by atoms with van der Waals surface area (Å²) in [7, 11) is -4.37.